The fraction of sp³-hybridized carbons (Fsp3) is 0.115. The number of hydrogen-bond donors (Lipinski definition) is 0. The third-order valence-electron chi connectivity index (χ3n) is 5.21. The van der Waals surface area contributed by atoms with Gasteiger partial charge >= 0.3 is 6.18 Å². The van der Waals surface area contributed by atoms with Crippen LogP contribution in [0.5, 0.6) is 11.5 Å². The molecule has 2 aromatic heterocycles. The van der Waals surface area contributed by atoms with Crippen molar-refractivity contribution in [2.45, 2.75) is 6.18 Å². The number of nitrogens with zero attached hydrogens (tertiary/aromatic N) is 2. The number of rotatable bonds is 8. The fourth-order valence-corrected chi connectivity index (χ4v) is 4.17. The summed E-state index contributed by atoms with van der Waals surface area (Å²) in [6, 6.07) is 16.7. The van der Waals surface area contributed by atoms with Crippen molar-refractivity contribution in [3.8, 4) is 28.4 Å². The maximum atomic E-state index is 13.5. The third-order valence-corrected chi connectivity index (χ3v) is 6.08. The van der Waals surface area contributed by atoms with E-state index in [0.29, 0.717) is 22.7 Å². The smallest absolute Gasteiger partial charge is 0.455 e. The number of ether oxygens (including phenoxy) is 2. The van der Waals surface area contributed by atoms with E-state index < -0.39 is 23.3 Å². The van der Waals surface area contributed by atoms with Crippen molar-refractivity contribution >= 4 is 29.0 Å². The van der Waals surface area contributed by atoms with Gasteiger partial charge in [-0.1, -0.05) is 24.3 Å². The summed E-state index contributed by atoms with van der Waals surface area (Å²) in [4.78, 5) is 25.3. The molecule has 0 aliphatic carbocycles. The summed E-state index contributed by atoms with van der Waals surface area (Å²) in [5.41, 5.74) is 0.497. The molecule has 0 unspecified atom stereocenters. The van der Waals surface area contributed by atoms with Crippen molar-refractivity contribution in [1.82, 2.24) is 9.78 Å². The van der Waals surface area contributed by atoms with Gasteiger partial charge in [0.2, 0.25) is 5.78 Å². The number of carbonyl (C=O) groups excluding carboxylic acids is 2. The normalized spacial score (nSPS) is 11.9. The van der Waals surface area contributed by atoms with Crippen LogP contribution in [0, 0.1) is 0 Å². The van der Waals surface area contributed by atoms with Gasteiger partial charge in [-0.15, -0.1) is 11.3 Å². The number of carbonyl (C=O) groups is 2. The Labute approximate surface area is 208 Å². The molecule has 0 aliphatic rings. The summed E-state index contributed by atoms with van der Waals surface area (Å²) < 4.78 is 52.5. The van der Waals surface area contributed by atoms with Crippen LogP contribution in [0.15, 0.2) is 77.8 Å². The molecule has 0 saturated carbocycles. The second-order valence-corrected chi connectivity index (χ2v) is 8.42. The van der Waals surface area contributed by atoms with Gasteiger partial charge in [0, 0.05) is 17.3 Å². The van der Waals surface area contributed by atoms with Crippen molar-refractivity contribution in [3.05, 3.63) is 88.3 Å². The SMILES string of the molecule is COc1ccc(-c2nn(-c3ccccc3)cc2C=C(C(=O)c2cccs2)C(=O)C(F)(F)F)cc1OC. The highest BCUT2D eigenvalue weighted by atomic mass is 32.1. The molecular weight excluding hydrogens is 493 g/mol. The molecule has 2 aromatic carbocycles. The van der Waals surface area contributed by atoms with E-state index in [0.717, 1.165) is 17.4 Å². The standard InChI is InChI=1S/C26H19F3N2O4S/c1-34-20-11-10-16(14-21(20)35-2)23-17(15-31(30-23)18-7-4-3-5-8-18)13-19(25(33)26(27,28)29)24(32)22-9-6-12-36-22/h3-15H,1-2H3. The third kappa shape index (κ3) is 5.08. The Balaban J connectivity index is 1.94. The Kier molecular flexibility index (Phi) is 7.07. The number of halogens is 3. The predicted molar refractivity (Wildman–Crippen MR) is 130 cm³/mol. The number of thiophene rings is 1. The number of alkyl halides is 3. The highest BCUT2D eigenvalue weighted by Gasteiger charge is 2.43. The minimum absolute atomic E-state index is 0.0157. The number of hydrogen-bond acceptors (Lipinski definition) is 6. The first kappa shape index (κ1) is 24.9. The van der Waals surface area contributed by atoms with Crippen molar-refractivity contribution in [3.63, 3.8) is 0 Å². The van der Waals surface area contributed by atoms with Crippen molar-refractivity contribution in [2.75, 3.05) is 14.2 Å². The summed E-state index contributed by atoms with van der Waals surface area (Å²) >= 11 is 0.948. The molecule has 0 saturated heterocycles. The molecule has 0 N–H and O–H groups in total. The van der Waals surface area contributed by atoms with Gasteiger partial charge in [0.1, 0.15) is 5.69 Å². The van der Waals surface area contributed by atoms with E-state index in [1.807, 2.05) is 6.07 Å². The topological polar surface area (TPSA) is 70.4 Å². The molecule has 184 valence electrons. The molecule has 0 aliphatic heterocycles. The van der Waals surface area contributed by atoms with Crippen LogP contribution in [0.4, 0.5) is 13.2 Å². The Morgan fingerprint density at radius 2 is 1.69 bits per heavy atom. The van der Waals surface area contributed by atoms with Gasteiger partial charge in [-0.3, -0.25) is 9.59 Å². The lowest BCUT2D eigenvalue weighted by Gasteiger charge is -2.10. The second kappa shape index (κ2) is 10.2. The van der Waals surface area contributed by atoms with E-state index in [4.69, 9.17) is 9.47 Å². The zero-order valence-electron chi connectivity index (χ0n) is 19.1. The van der Waals surface area contributed by atoms with Gasteiger partial charge in [-0.25, -0.2) is 4.68 Å². The van der Waals surface area contributed by atoms with Crippen LogP contribution < -0.4 is 9.47 Å². The molecule has 0 bridgehead atoms. The van der Waals surface area contributed by atoms with Crippen molar-refractivity contribution in [2.24, 2.45) is 0 Å². The number of ketones is 2. The largest absolute Gasteiger partial charge is 0.493 e. The van der Waals surface area contributed by atoms with E-state index in [1.165, 1.54) is 37.2 Å². The zero-order valence-corrected chi connectivity index (χ0v) is 19.9. The fourth-order valence-electron chi connectivity index (χ4n) is 3.50. The zero-order chi connectivity index (χ0) is 25.9. The molecule has 4 rings (SSSR count). The summed E-state index contributed by atoms with van der Waals surface area (Å²) in [7, 11) is 2.92. The number of benzene rings is 2. The summed E-state index contributed by atoms with van der Waals surface area (Å²) in [6.45, 7) is 0. The van der Waals surface area contributed by atoms with Crippen molar-refractivity contribution in [1.29, 1.82) is 0 Å². The van der Waals surface area contributed by atoms with Crippen molar-refractivity contribution < 1.29 is 32.2 Å². The average Bonchev–Trinajstić information content (AvgIpc) is 3.57. The molecule has 0 radical (unpaired) electrons. The number of Topliss-reactive ketones (excluding diaryl/α,β-unsaturated/α-hetero) is 2. The van der Waals surface area contributed by atoms with Gasteiger partial charge in [-0.2, -0.15) is 18.3 Å². The number of methoxy groups -OCH3 is 2. The van der Waals surface area contributed by atoms with Crippen LogP contribution in [0.1, 0.15) is 15.2 Å². The van der Waals surface area contributed by atoms with Crippen LogP contribution in [-0.2, 0) is 4.79 Å². The quantitative estimate of drug-likeness (QED) is 0.125. The highest BCUT2D eigenvalue weighted by Crippen LogP contribution is 2.35. The first-order valence-electron chi connectivity index (χ1n) is 10.5. The Hall–Kier alpha value is -4.18. The molecule has 0 fully saturated rings. The van der Waals surface area contributed by atoms with E-state index in [-0.39, 0.29) is 16.1 Å². The van der Waals surface area contributed by atoms with Gasteiger partial charge in [0.15, 0.2) is 11.5 Å². The Morgan fingerprint density at radius 1 is 0.972 bits per heavy atom. The number of aromatic nitrogens is 2. The van der Waals surface area contributed by atoms with Gasteiger partial charge < -0.3 is 9.47 Å². The van der Waals surface area contributed by atoms with E-state index in [1.54, 1.807) is 47.8 Å². The summed E-state index contributed by atoms with van der Waals surface area (Å²) in [5, 5.41) is 6.10. The Morgan fingerprint density at radius 3 is 2.31 bits per heavy atom. The highest BCUT2D eigenvalue weighted by molar-refractivity contribution is 7.12. The lowest BCUT2D eigenvalue weighted by Crippen LogP contribution is -2.28. The Bertz CT molecular complexity index is 1430. The monoisotopic (exact) mass is 512 g/mol. The van der Waals surface area contributed by atoms with Crippen LogP contribution >= 0.6 is 11.3 Å². The number of para-hydroxylation sites is 1. The maximum Gasteiger partial charge on any atom is 0.455 e. The lowest BCUT2D eigenvalue weighted by atomic mass is 9.99. The summed E-state index contributed by atoms with van der Waals surface area (Å²) in [5.74, 6) is -2.42. The van der Waals surface area contributed by atoms with Gasteiger partial charge in [-0.05, 0) is 47.9 Å². The summed E-state index contributed by atoms with van der Waals surface area (Å²) in [6.07, 6.45) is -2.83. The van der Waals surface area contributed by atoms with Crippen LogP contribution in [0.2, 0.25) is 0 Å². The lowest BCUT2D eigenvalue weighted by molar-refractivity contribution is -0.166. The van der Waals surface area contributed by atoms with Crippen LogP contribution in [-0.4, -0.2) is 41.7 Å². The molecule has 0 spiro atoms. The molecular formula is C26H19F3N2O4S. The maximum absolute atomic E-state index is 13.5. The molecule has 36 heavy (non-hydrogen) atoms. The molecule has 10 heteroatoms. The first-order chi connectivity index (χ1) is 17.2. The number of allylic oxidation sites excluding steroid dienone is 1. The van der Waals surface area contributed by atoms with E-state index in [9.17, 15) is 22.8 Å². The molecule has 6 nitrogen and oxygen atoms in total. The molecule has 0 amide bonds. The first-order valence-corrected chi connectivity index (χ1v) is 11.4. The van der Waals surface area contributed by atoms with Gasteiger partial charge in [0.25, 0.3) is 5.78 Å². The second-order valence-electron chi connectivity index (χ2n) is 7.47. The van der Waals surface area contributed by atoms with Crippen LogP contribution in [0.3, 0.4) is 0 Å². The van der Waals surface area contributed by atoms with Crippen LogP contribution in [0.25, 0.3) is 23.0 Å². The predicted octanol–water partition coefficient (Wildman–Crippen LogP) is 6.02. The average molecular weight is 513 g/mol. The molecule has 4 aromatic rings. The minimum Gasteiger partial charge on any atom is -0.493 e. The van der Waals surface area contributed by atoms with E-state index in [2.05, 4.69) is 5.10 Å². The minimum atomic E-state index is -5.24. The van der Waals surface area contributed by atoms with Gasteiger partial charge in [0.05, 0.1) is 30.4 Å². The van der Waals surface area contributed by atoms with E-state index >= 15 is 0 Å². The molecule has 2 heterocycles. The molecule has 0 atom stereocenters.